The van der Waals surface area contributed by atoms with Gasteiger partial charge in [-0.15, -0.1) is 0 Å². The van der Waals surface area contributed by atoms with E-state index in [2.05, 4.69) is 24.3 Å². The Hall–Kier alpha value is -2.13. The van der Waals surface area contributed by atoms with Crippen LogP contribution in [0.15, 0.2) is 48.5 Å². The second kappa shape index (κ2) is 5.01. The first kappa shape index (κ1) is 13.8. The number of fused-ring (bicyclic) bond motifs is 3. The average Bonchev–Trinajstić information content (AvgIpc) is 2.78. The van der Waals surface area contributed by atoms with E-state index >= 15 is 0 Å². The van der Waals surface area contributed by atoms with Crippen LogP contribution in [0.5, 0.6) is 0 Å². The number of carbonyl (C=O) groups is 1. The molecule has 2 aromatic rings. The van der Waals surface area contributed by atoms with E-state index in [4.69, 9.17) is 10.5 Å². The zero-order valence-electron chi connectivity index (χ0n) is 12.3. The van der Waals surface area contributed by atoms with Gasteiger partial charge >= 0.3 is 5.97 Å². The van der Waals surface area contributed by atoms with Gasteiger partial charge in [-0.05, 0) is 36.1 Å². The molecule has 3 nitrogen and oxygen atoms in total. The van der Waals surface area contributed by atoms with Crippen molar-refractivity contribution in [1.82, 2.24) is 0 Å². The van der Waals surface area contributed by atoms with Gasteiger partial charge in [-0.1, -0.05) is 48.5 Å². The Morgan fingerprint density at radius 1 is 1.05 bits per heavy atom. The lowest BCUT2D eigenvalue weighted by molar-refractivity contribution is -0.149. The molecule has 0 spiro atoms. The molecule has 1 aliphatic rings. The van der Waals surface area contributed by atoms with Crippen molar-refractivity contribution in [3.8, 4) is 11.1 Å². The van der Waals surface area contributed by atoms with Gasteiger partial charge in [0, 0.05) is 5.92 Å². The summed E-state index contributed by atoms with van der Waals surface area (Å²) in [5.74, 6) is -0.284. The van der Waals surface area contributed by atoms with Gasteiger partial charge in [0.05, 0.1) is 0 Å². The standard InChI is InChI=1S/C18H19NO2/c1-18(2,19)17(20)21-11-16-14-9-5-3-7-12(14)13-8-4-6-10-15(13)16/h3-10,16H,11,19H2,1-2H3. The van der Waals surface area contributed by atoms with Crippen LogP contribution in [0.2, 0.25) is 0 Å². The smallest absolute Gasteiger partial charge is 0.325 e. The summed E-state index contributed by atoms with van der Waals surface area (Å²) in [6.07, 6.45) is 0. The molecule has 0 saturated heterocycles. The van der Waals surface area contributed by atoms with Crippen molar-refractivity contribution >= 4 is 5.97 Å². The molecule has 2 aromatic carbocycles. The Morgan fingerprint density at radius 3 is 2.00 bits per heavy atom. The van der Waals surface area contributed by atoms with Gasteiger partial charge in [-0.3, -0.25) is 4.79 Å². The number of carbonyl (C=O) groups excluding carboxylic acids is 1. The van der Waals surface area contributed by atoms with E-state index in [1.165, 1.54) is 22.3 Å². The highest BCUT2D eigenvalue weighted by Crippen LogP contribution is 2.44. The van der Waals surface area contributed by atoms with E-state index in [-0.39, 0.29) is 11.9 Å². The number of ether oxygens (including phenoxy) is 1. The second-order valence-electron chi connectivity index (χ2n) is 6.05. The normalized spacial score (nSPS) is 13.7. The zero-order valence-corrected chi connectivity index (χ0v) is 12.3. The van der Waals surface area contributed by atoms with E-state index in [1.54, 1.807) is 13.8 Å². The van der Waals surface area contributed by atoms with E-state index in [1.807, 2.05) is 24.3 Å². The minimum Gasteiger partial charge on any atom is -0.463 e. The third-order valence-electron chi connectivity index (χ3n) is 3.87. The summed E-state index contributed by atoms with van der Waals surface area (Å²) >= 11 is 0. The van der Waals surface area contributed by atoms with Crippen LogP contribution in [-0.2, 0) is 9.53 Å². The van der Waals surface area contributed by atoms with Gasteiger partial charge in [0.2, 0.25) is 0 Å². The highest BCUT2D eigenvalue weighted by Gasteiger charge is 2.31. The molecule has 108 valence electrons. The molecule has 2 N–H and O–H groups in total. The first-order chi connectivity index (χ1) is 9.98. The third-order valence-corrected chi connectivity index (χ3v) is 3.87. The SMILES string of the molecule is CC(C)(N)C(=O)OCC1c2ccccc2-c2ccccc21. The Morgan fingerprint density at radius 2 is 1.52 bits per heavy atom. The van der Waals surface area contributed by atoms with Crippen molar-refractivity contribution < 1.29 is 9.53 Å². The summed E-state index contributed by atoms with van der Waals surface area (Å²) < 4.78 is 5.44. The number of hydrogen-bond donors (Lipinski definition) is 1. The van der Waals surface area contributed by atoms with Crippen molar-refractivity contribution in [2.75, 3.05) is 6.61 Å². The van der Waals surface area contributed by atoms with Crippen molar-refractivity contribution in [1.29, 1.82) is 0 Å². The highest BCUT2D eigenvalue weighted by molar-refractivity contribution is 5.81. The summed E-state index contributed by atoms with van der Waals surface area (Å²) in [4.78, 5) is 11.9. The third kappa shape index (κ3) is 2.45. The number of nitrogens with two attached hydrogens (primary N) is 1. The number of esters is 1. The molecular formula is C18H19NO2. The summed E-state index contributed by atoms with van der Waals surface area (Å²) in [5, 5.41) is 0. The van der Waals surface area contributed by atoms with Crippen LogP contribution in [0.25, 0.3) is 11.1 Å². The summed E-state index contributed by atoms with van der Waals surface area (Å²) in [5.41, 5.74) is 9.68. The monoisotopic (exact) mass is 281 g/mol. The highest BCUT2D eigenvalue weighted by atomic mass is 16.5. The average molecular weight is 281 g/mol. The molecule has 3 heteroatoms. The first-order valence-corrected chi connectivity index (χ1v) is 7.13. The fourth-order valence-corrected chi connectivity index (χ4v) is 2.78. The number of benzene rings is 2. The fourth-order valence-electron chi connectivity index (χ4n) is 2.78. The predicted molar refractivity (Wildman–Crippen MR) is 82.9 cm³/mol. The van der Waals surface area contributed by atoms with Crippen LogP contribution < -0.4 is 5.73 Å². The summed E-state index contributed by atoms with van der Waals surface area (Å²) in [7, 11) is 0. The van der Waals surface area contributed by atoms with Crippen LogP contribution in [0.4, 0.5) is 0 Å². The van der Waals surface area contributed by atoms with Gasteiger partial charge in [0.1, 0.15) is 12.1 Å². The van der Waals surface area contributed by atoms with Crippen LogP contribution in [-0.4, -0.2) is 18.1 Å². The van der Waals surface area contributed by atoms with Crippen LogP contribution in [0.1, 0.15) is 30.9 Å². The van der Waals surface area contributed by atoms with E-state index in [0.29, 0.717) is 6.61 Å². The van der Waals surface area contributed by atoms with Gasteiger partial charge in [0.15, 0.2) is 0 Å². The molecule has 0 bridgehead atoms. The molecule has 0 aromatic heterocycles. The Balaban J connectivity index is 1.91. The van der Waals surface area contributed by atoms with E-state index < -0.39 is 5.54 Å². The van der Waals surface area contributed by atoms with Gasteiger partial charge in [0.25, 0.3) is 0 Å². The molecule has 21 heavy (non-hydrogen) atoms. The lowest BCUT2D eigenvalue weighted by Crippen LogP contribution is -2.43. The molecule has 1 aliphatic carbocycles. The van der Waals surface area contributed by atoms with Crippen molar-refractivity contribution in [3.63, 3.8) is 0 Å². The number of rotatable bonds is 3. The van der Waals surface area contributed by atoms with Gasteiger partial charge in [-0.25, -0.2) is 0 Å². The van der Waals surface area contributed by atoms with Crippen molar-refractivity contribution in [3.05, 3.63) is 59.7 Å². The summed E-state index contributed by atoms with van der Waals surface area (Å²) in [6.45, 7) is 3.64. The Bertz CT molecular complexity index is 640. The minimum atomic E-state index is -0.961. The zero-order chi connectivity index (χ0) is 15.0. The molecule has 0 atom stereocenters. The Labute approximate surface area is 124 Å². The lowest BCUT2D eigenvalue weighted by Gasteiger charge is -2.20. The molecular weight excluding hydrogens is 262 g/mol. The van der Waals surface area contributed by atoms with Gasteiger partial charge in [-0.2, -0.15) is 0 Å². The lowest BCUT2D eigenvalue weighted by atomic mass is 9.98. The topological polar surface area (TPSA) is 52.3 Å². The largest absolute Gasteiger partial charge is 0.463 e. The molecule has 3 rings (SSSR count). The quantitative estimate of drug-likeness (QED) is 0.880. The van der Waals surface area contributed by atoms with E-state index in [0.717, 1.165) is 0 Å². The van der Waals surface area contributed by atoms with Crippen molar-refractivity contribution in [2.24, 2.45) is 5.73 Å². The maximum absolute atomic E-state index is 11.9. The van der Waals surface area contributed by atoms with Crippen LogP contribution >= 0.6 is 0 Å². The van der Waals surface area contributed by atoms with Crippen molar-refractivity contribution in [2.45, 2.75) is 25.3 Å². The maximum Gasteiger partial charge on any atom is 0.325 e. The van der Waals surface area contributed by atoms with Crippen LogP contribution in [0.3, 0.4) is 0 Å². The molecule has 0 saturated carbocycles. The molecule has 0 aliphatic heterocycles. The first-order valence-electron chi connectivity index (χ1n) is 7.13. The molecule has 0 radical (unpaired) electrons. The molecule has 0 unspecified atom stereocenters. The maximum atomic E-state index is 11.9. The summed E-state index contributed by atoms with van der Waals surface area (Å²) in [6, 6.07) is 16.5. The molecule has 0 fully saturated rings. The minimum absolute atomic E-state index is 0.0868. The van der Waals surface area contributed by atoms with E-state index in [9.17, 15) is 4.79 Å². The molecule has 0 amide bonds. The van der Waals surface area contributed by atoms with Gasteiger partial charge < -0.3 is 10.5 Å². The predicted octanol–water partition coefficient (Wildman–Crippen LogP) is 3.08. The fraction of sp³-hybridized carbons (Fsp3) is 0.278. The van der Waals surface area contributed by atoms with Crippen LogP contribution in [0, 0.1) is 0 Å². The molecule has 0 heterocycles. The number of hydrogen-bond acceptors (Lipinski definition) is 3. The Kier molecular flexibility index (Phi) is 3.30. The second-order valence-corrected chi connectivity index (χ2v) is 6.05.